The molecule has 0 aliphatic carbocycles. The summed E-state index contributed by atoms with van der Waals surface area (Å²) in [4.78, 5) is 0. The first-order valence-electron chi connectivity index (χ1n) is 5.30. The third-order valence-corrected chi connectivity index (χ3v) is 2.61. The van der Waals surface area contributed by atoms with Crippen LogP contribution >= 0.6 is 0 Å². The van der Waals surface area contributed by atoms with Gasteiger partial charge >= 0.3 is 0 Å². The number of rotatable bonds is 5. The second-order valence-electron chi connectivity index (χ2n) is 3.76. The van der Waals surface area contributed by atoms with Crippen LogP contribution in [0, 0.1) is 0 Å². The molecule has 1 aromatic rings. The highest BCUT2D eigenvalue weighted by Gasteiger charge is 2.09. The lowest BCUT2D eigenvalue weighted by Gasteiger charge is -2.16. The molecule has 2 heteroatoms. The summed E-state index contributed by atoms with van der Waals surface area (Å²) >= 11 is 0. The van der Waals surface area contributed by atoms with Crippen LogP contribution in [-0.4, -0.2) is 6.17 Å². The zero-order chi connectivity index (χ0) is 10.4. The highest BCUT2D eigenvalue weighted by atomic mass is 14.8. The van der Waals surface area contributed by atoms with E-state index in [1.54, 1.807) is 0 Å². The monoisotopic (exact) mass is 192 g/mol. The van der Waals surface area contributed by atoms with Crippen molar-refractivity contribution in [1.29, 1.82) is 0 Å². The molecular weight excluding hydrogens is 172 g/mol. The Bertz CT molecular complexity index is 244. The van der Waals surface area contributed by atoms with Gasteiger partial charge in [-0.3, -0.25) is 0 Å². The lowest BCUT2D eigenvalue weighted by molar-refractivity contribution is 0.522. The maximum atomic E-state index is 5.55. The van der Waals surface area contributed by atoms with Gasteiger partial charge in [0.05, 0.1) is 6.17 Å². The Labute approximate surface area is 86.3 Å². The minimum atomic E-state index is -0.173. The molecule has 0 radical (unpaired) electrons. The standard InChI is InChI=1S/C12H20N2/c1-2-10(8-9-12(13)14)11-6-4-3-5-7-11/h3-7,10,12H,2,8-9,13-14H2,1H3. The fourth-order valence-electron chi connectivity index (χ4n) is 1.73. The maximum Gasteiger partial charge on any atom is 0.0521 e. The van der Waals surface area contributed by atoms with Crippen LogP contribution in [0.4, 0.5) is 0 Å². The normalized spacial score (nSPS) is 13.1. The van der Waals surface area contributed by atoms with E-state index in [1.807, 2.05) is 6.07 Å². The van der Waals surface area contributed by atoms with Crippen LogP contribution in [0.2, 0.25) is 0 Å². The Balaban J connectivity index is 2.54. The van der Waals surface area contributed by atoms with Crippen molar-refractivity contribution in [3.05, 3.63) is 35.9 Å². The van der Waals surface area contributed by atoms with Gasteiger partial charge in [0.25, 0.3) is 0 Å². The minimum Gasteiger partial charge on any atom is -0.316 e. The molecule has 1 atom stereocenters. The van der Waals surface area contributed by atoms with Gasteiger partial charge in [-0.05, 0) is 30.7 Å². The molecule has 0 aliphatic rings. The molecule has 1 aromatic carbocycles. The third kappa shape index (κ3) is 3.48. The van der Waals surface area contributed by atoms with Crippen molar-refractivity contribution in [3.63, 3.8) is 0 Å². The molecule has 78 valence electrons. The van der Waals surface area contributed by atoms with Crippen LogP contribution in [0.5, 0.6) is 0 Å². The smallest absolute Gasteiger partial charge is 0.0521 e. The Kier molecular flexibility index (Phi) is 4.63. The second-order valence-corrected chi connectivity index (χ2v) is 3.76. The number of benzene rings is 1. The van der Waals surface area contributed by atoms with E-state index < -0.39 is 0 Å². The molecule has 0 saturated heterocycles. The number of nitrogens with two attached hydrogens (primary N) is 2. The van der Waals surface area contributed by atoms with E-state index >= 15 is 0 Å². The maximum absolute atomic E-state index is 5.55. The van der Waals surface area contributed by atoms with Crippen molar-refractivity contribution in [1.82, 2.24) is 0 Å². The minimum absolute atomic E-state index is 0.173. The average Bonchev–Trinajstić information content (AvgIpc) is 2.20. The molecule has 0 amide bonds. The summed E-state index contributed by atoms with van der Waals surface area (Å²) in [6, 6.07) is 10.6. The molecule has 0 fully saturated rings. The summed E-state index contributed by atoms with van der Waals surface area (Å²) in [5.74, 6) is 0.603. The zero-order valence-electron chi connectivity index (χ0n) is 8.82. The van der Waals surface area contributed by atoms with Gasteiger partial charge < -0.3 is 11.5 Å². The van der Waals surface area contributed by atoms with Crippen molar-refractivity contribution >= 4 is 0 Å². The molecule has 0 bridgehead atoms. The van der Waals surface area contributed by atoms with Crippen LogP contribution in [0.1, 0.15) is 37.7 Å². The van der Waals surface area contributed by atoms with E-state index in [2.05, 4.69) is 31.2 Å². The summed E-state index contributed by atoms with van der Waals surface area (Å²) in [6.07, 6.45) is 2.95. The molecule has 0 heterocycles. The van der Waals surface area contributed by atoms with E-state index in [0.717, 1.165) is 19.3 Å². The Morgan fingerprint density at radius 2 is 1.71 bits per heavy atom. The van der Waals surface area contributed by atoms with E-state index in [1.165, 1.54) is 5.56 Å². The average molecular weight is 192 g/mol. The SMILES string of the molecule is CCC(CCC(N)N)c1ccccc1. The first kappa shape index (κ1) is 11.2. The Morgan fingerprint density at radius 3 is 2.21 bits per heavy atom. The van der Waals surface area contributed by atoms with Gasteiger partial charge in [0.2, 0.25) is 0 Å². The van der Waals surface area contributed by atoms with Crippen molar-refractivity contribution < 1.29 is 0 Å². The largest absolute Gasteiger partial charge is 0.316 e. The number of hydrogen-bond donors (Lipinski definition) is 2. The molecule has 0 spiro atoms. The molecule has 14 heavy (non-hydrogen) atoms. The summed E-state index contributed by atoms with van der Waals surface area (Å²) in [5, 5.41) is 0. The van der Waals surface area contributed by atoms with Crippen LogP contribution in [-0.2, 0) is 0 Å². The zero-order valence-corrected chi connectivity index (χ0v) is 8.82. The van der Waals surface area contributed by atoms with E-state index in [9.17, 15) is 0 Å². The van der Waals surface area contributed by atoms with Crippen molar-refractivity contribution in [2.24, 2.45) is 11.5 Å². The van der Waals surface area contributed by atoms with E-state index in [0.29, 0.717) is 5.92 Å². The molecule has 0 saturated carbocycles. The molecule has 4 N–H and O–H groups in total. The van der Waals surface area contributed by atoms with Gasteiger partial charge in [0.1, 0.15) is 0 Å². The molecule has 0 aromatic heterocycles. The van der Waals surface area contributed by atoms with Gasteiger partial charge in [0, 0.05) is 0 Å². The first-order chi connectivity index (χ1) is 6.74. The molecule has 1 rings (SSSR count). The lowest BCUT2D eigenvalue weighted by atomic mass is 9.91. The Morgan fingerprint density at radius 1 is 1.07 bits per heavy atom. The summed E-state index contributed by atoms with van der Waals surface area (Å²) in [6.45, 7) is 2.21. The van der Waals surface area contributed by atoms with Crippen molar-refractivity contribution in [2.75, 3.05) is 0 Å². The van der Waals surface area contributed by atoms with E-state index in [-0.39, 0.29) is 6.17 Å². The van der Waals surface area contributed by atoms with Gasteiger partial charge in [-0.25, -0.2) is 0 Å². The second kappa shape index (κ2) is 5.78. The summed E-state index contributed by atoms with van der Waals surface area (Å²) in [5.41, 5.74) is 12.5. The van der Waals surface area contributed by atoms with Gasteiger partial charge in [-0.1, -0.05) is 37.3 Å². The van der Waals surface area contributed by atoms with Crippen LogP contribution < -0.4 is 11.5 Å². The highest BCUT2D eigenvalue weighted by molar-refractivity contribution is 5.19. The Hall–Kier alpha value is -0.860. The predicted molar refractivity (Wildman–Crippen MR) is 60.9 cm³/mol. The van der Waals surface area contributed by atoms with Gasteiger partial charge in [-0.15, -0.1) is 0 Å². The third-order valence-electron chi connectivity index (χ3n) is 2.61. The highest BCUT2D eigenvalue weighted by Crippen LogP contribution is 2.24. The van der Waals surface area contributed by atoms with Crippen molar-refractivity contribution in [3.8, 4) is 0 Å². The quantitative estimate of drug-likeness (QED) is 0.703. The van der Waals surface area contributed by atoms with E-state index in [4.69, 9.17) is 11.5 Å². The molecule has 0 aliphatic heterocycles. The van der Waals surface area contributed by atoms with Crippen LogP contribution in [0.3, 0.4) is 0 Å². The summed E-state index contributed by atoms with van der Waals surface area (Å²) in [7, 11) is 0. The summed E-state index contributed by atoms with van der Waals surface area (Å²) < 4.78 is 0. The fraction of sp³-hybridized carbons (Fsp3) is 0.500. The lowest BCUT2D eigenvalue weighted by Crippen LogP contribution is -2.30. The van der Waals surface area contributed by atoms with Gasteiger partial charge in [0.15, 0.2) is 0 Å². The molecular formula is C12H20N2. The van der Waals surface area contributed by atoms with Crippen LogP contribution in [0.25, 0.3) is 0 Å². The predicted octanol–water partition coefficient (Wildman–Crippen LogP) is 2.20. The van der Waals surface area contributed by atoms with Crippen molar-refractivity contribution in [2.45, 2.75) is 38.3 Å². The fourth-order valence-corrected chi connectivity index (χ4v) is 1.73. The topological polar surface area (TPSA) is 52.0 Å². The molecule has 2 nitrogen and oxygen atoms in total. The van der Waals surface area contributed by atoms with Gasteiger partial charge in [-0.2, -0.15) is 0 Å². The van der Waals surface area contributed by atoms with Crippen LogP contribution in [0.15, 0.2) is 30.3 Å². The first-order valence-corrected chi connectivity index (χ1v) is 5.30. The number of hydrogen-bond acceptors (Lipinski definition) is 2. The molecule has 1 unspecified atom stereocenters.